The van der Waals surface area contributed by atoms with Crippen molar-refractivity contribution in [2.45, 2.75) is 6.17 Å². The summed E-state index contributed by atoms with van der Waals surface area (Å²) in [7, 11) is 3.94. The third kappa shape index (κ3) is 4.01. The van der Waals surface area contributed by atoms with Crippen LogP contribution in [0.25, 0.3) is 0 Å². The predicted octanol–water partition coefficient (Wildman–Crippen LogP) is 4.23. The van der Waals surface area contributed by atoms with E-state index >= 15 is 0 Å². The molecule has 0 amide bonds. The molecule has 0 saturated heterocycles. The zero-order valence-corrected chi connectivity index (χ0v) is 19.7. The molecule has 2 unspecified atom stereocenters. The Balaban J connectivity index is 1.47. The zero-order valence-electron chi connectivity index (χ0n) is 19.7. The van der Waals surface area contributed by atoms with Crippen LogP contribution >= 0.6 is 0 Å². The fraction of sp³-hybridized carbons (Fsp3) is 0.143. The zero-order chi connectivity index (χ0) is 23.8. The minimum Gasteiger partial charge on any atom is -0.362 e. The number of anilines is 2. The van der Waals surface area contributed by atoms with E-state index in [9.17, 15) is 0 Å². The van der Waals surface area contributed by atoms with Crippen LogP contribution in [0.15, 0.2) is 118 Å². The normalized spacial score (nSPS) is 23.3. The van der Waals surface area contributed by atoms with Crippen LogP contribution in [0.2, 0.25) is 0 Å². The van der Waals surface area contributed by atoms with Gasteiger partial charge in [0.25, 0.3) is 0 Å². The first-order valence-corrected chi connectivity index (χ1v) is 11.7. The van der Waals surface area contributed by atoms with Gasteiger partial charge in [-0.1, -0.05) is 54.6 Å². The van der Waals surface area contributed by atoms with Crippen molar-refractivity contribution >= 4 is 23.8 Å². The second kappa shape index (κ2) is 8.68. The summed E-state index contributed by atoms with van der Waals surface area (Å²) in [5, 5.41) is 24.2. The predicted molar refractivity (Wildman–Crippen MR) is 142 cm³/mol. The molecule has 3 N–H and O–H groups in total. The van der Waals surface area contributed by atoms with E-state index in [1.54, 1.807) is 0 Å². The van der Waals surface area contributed by atoms with Crippen molar-refractivity contribution in [3.8, 4) is 0 Å². The third-order valence-electron chi connectivity index (χ3n) is 6.54. The highest BCUT2D eigenvalue weighted by molar-refractivity contribution is 5.93. The number of nitrogens with one attached hydrogen (secondary N) is 3. The maximum atomic E-state index is 4.78. The Morgan fingerprint density at radius 1 is 0.771 bits per heavy atom. The number of hydrogen-bond acceptors (Lipinski definition) is 7. The molecule has 6 rings (SSSR count). The van der Waals surface area contributed by atoms with Gasteiger partial charge in [0.15, 0.2) is 0 Å². The van der Waals surface area contributed by atoms with E-state index in [1.165, 1.54) is 0 Å². The molecule has 1 aliphatic carbocycles. The molecule has 0 fully saturated rings. The Morgan fingerprint density at radius 2 is 1.49 bits per heavy atom. The lowest BCUT2D eigenvalue weighted by atomic mass is 9.89. The molecule has 7 nitrogen and oxygen atoms in total. The van der Waals surface area contributed by atoms with Crippen LogP contribution in [0.1, 0.15) is 11.1 Å². The molecule has 0 saturated carbocycles. The Morgan fingerprint density at radius 3 is 2.26 bits per heavy atom. The van der Waals surface area contributed by atoms with E-state index in [2.05, 4.69) is 76.7 Å². The monoisotopic (exact) mass is 461 g/mol. The van der Waals surface area contributed by atoms with Gasteiger partial charge in [-0.15, -0.1) is 0 Å². The number of para-hydroxylation sites is 2. The number of nitrogens with zero attached hydrogens (tertiary/aromatic N) is 4. The summed E-state index contributed by atoms with van der Waals surface area (Å²) in [4.78, 5) is 0. The lowest BCUT2D eigenvalue weighted by molar-refractivity contribution is 0.261. The highest BCUT2D eigenvalue weighted by Crippen LogP contribution is 2.32. The van der Waals surface area contributed by atoms with E-state index in [-0.39, 0.29) is 12.1 Å². The van der Waals surface area contributed by atoms with Crippen LogP contribution in [-0.4, -0.2) is 42.7 Å². The number of hydrazone groups is 2. The number of fused-ring (bicyclic) bond motifs is 4. The number of rotatable bonds is 0. The van der Waals surface area contributed by atoms with Gasteiger partial charge in [-0.2, -0.15) is 10.2 Å². The Labute approximate surface area is 205 Å². The summed E-state index contributed by atoms with van der Waals surface area (Å²) in [6.45, 7) is 0. The summed E-state index contributed by atoms with van der Waals surface area (Å²) < 4.78 is 0. The van der Waals surface area contributed by atoms with Crippen LogP contribution < -0.4 is 16.0 Å². The maximum absolute atomic E-state index is 4.78. The molecule has 2 aromatic carbocycles. The number of dihydropyridines is 1. The second-order valence-electron chi connectivity index (χ2n) is 8.83. The van der Waals surface area contributed by atoms with Crippen molar-refractivity contribution in [1.29, 1.82) is 0 Å². The molecule has 174 valence electrons. The van der Waals surface area contributed by atoms with Crippen molar-refractivity contribution in [2.24, 2.45) is 16.1 Å². The molecular weight excluding hydrogens is 434 g/mol. The van der Waals surface area contributed by atoms with Gasteiger partial charge < -0.3 is 16.0 Å². The maximum Gasteiger partial charge on any atom is 0.134 e. The van der Waals surface area contributed by atoms with Crippen molar-refractivity contribution in [1.82, 2.24) is 20.7 Å². The molecule has 4 aliphatic rings. The van der Waals surface area contributed by atoms with Gasteiger partial charge in [-0.3, -0.25) is 10.0 Å². The molecule has 2 aromatic rings. The minimum absolute atomic E-state index is 0.0683. The van der Waals surface area contributed by atoms with E-state index in [0.29, 0.717) is 0 Å². The van der Waals surface area contributed by atoms with Gasteiger partial charge in [-0.25, -0.2) is 0 Å². The summed E-state index contributed by atoms with van der Waals surface area (Å²) in [6.07, 6.45) is 16.7. The molecule has 0 spiro atoms. The van der Waals surface area contributed by atoms with Crippen molar-refractivity contribution in [2.75, 3.05) is 19.4 Å². The van der Waals surface area contributed by atoms with E-state index in [0.717, 1.165) is 45.3 Å². The minimum atomic E-state index is -0.0683. The van der Waals surface area contributed by atoms with Crippen LogP contribution in [0.5, 0.6) is 0 Å². The quantitative estimate of drug-likeness (QED) is 0.513. The average Bonchev–Trinajstić information content (AvgIpc) is 2.90. The highest BCUT2D eigenvalue weighted by atomic mass is 15.5. The summed E-state index contributed by atoms with van der Waals surface area (Å²) in [5.41, 5.74) is 7.29. The lowest BCUT2D eigenvalue weighted by Gasteiger charge is -2.36. The SMILES string of the molecule is CN1N=Cc2ccccc2Nc2ccccc2/C=N/N(C)C2C=CC3C=CC4=CC=C1NC4=C3N2. The van der Waals surface area contributed by atoms with Crippen LogP contribution in [0, 0.1) is 5.92 Å². The average molecular weight is 462 g/mol. The number of likely N-dealkylation sites (N-methyl/N-ethyl adjacent to an activating group) is 1. The van der Waals surface area contributed by atoms with Crippen molar-refractivity contribution in [3.05, 3.63) is 119 Å². The highest BCUT2D eigenvalue weighted by Gasteiger charge is 2.29. The number of hydrogen-bond donors (Lipinski definition) is 3. The summed E-state index contributed by atoms with van der Waals surface area (Å²) in [6, 6.07) is 16.3. The van der Waals surface area contributed by atoms with Gasteiger partial charge >= 0.3 is 0 Å². The lowest BCUT2D eigenvalue weighted by Crippen LogP contribution is -2.45. The second-order valence-corrected chi connectivity index (χ2v) is 8.83. The molecular formula is C28H27N7. The van der Waals surface area contributed by atoms with Gasteiger partial charge in [0, 0.05) is 48.2 Å². The molecule has 0 radical (unpaired) electrons. The molecule has 4 bridgehead atoms. The van der Waals surface area contributed by atoms with Crippen molar-refractivity contribution in [3.63, 3.8) is 0 Å². The first-order chi connectivity index (χ1) is 17.2. The Hall–Kier alpha value is -4.52. The number of allylic oxidation sites excluding steroid dienone is 4. The van der Waals surface area contributed by atoms with Gasteiger partial charge in [0.1, 0.15) is 12.0 Å². The number of benzene rings is 2. The van der Waals surface area contributed by atoms with E-state index in [4.69, 9.17) is 10.2 Å². The topological polar surface area (TPSA) is 67.3 Å². The first-order valence-electron chi connectivity index (χ1n) is 11.7. The standard InChI is InChI=1S/C28H27N7/c1-34-25-15-13-19-11-12-20-14-16-26(33-28(20)27(19)32-25)35(2)30-18-22-8-4-6-10-24(22)31-23-9-5-3-7-21(23)17-29-34/h3-19,25,31-33H,1-2H3/b29-17+,30-18?. The van der Waals surface area contributed by atoms with Gasteiger partial charge in [-0.05, 0) is 35.9 Å². The fourth-order valence-corrected chi connectivity index (χ4v) is 4.52. The van der Waals surface area contributed by atoms with Gasteiger partial charge in [0.2, 0.25) is 0 Å². The summed E-state index contributed by atoms with van der Waals surface area (Å²) >= 11 is 0. The van der Waals surface area contributed by atoms with Crippen LogP contribution in [0.3, 0.4) is 0 Å². The molecule has 35 heavy (non-hydrogen) atoms. The molecule has 3 heterocycles. The van der Waals surface area contributed by atoms with Crippen molar-refractivity contribution < 1.29 is 0 Å². The Bertz CT molecular complexity index is 1380. The summed E-state index contributed by atoms with van der Waals surface area (Å²) in [5.74, 6) is 1.09. The molecule has 3 aliphatic heterocycles. The molecule has 2 atom stereocenters. The fourth-order valence-electron chi connectivity index (χ4n) is 4.52. The van der Waals surface area contributed by atoms with Crippen LogP contribution in [0.4, 0.5) is 11.4 Å². The Kier molecular flexibility index (Phi) is 5.22. The third-order valence-corrected chi connectivity index (χ3v) is 6.54. The van der Waals surface area contributed by atoms with E-state index in [1.807, 2.05) is 60.8 Å². The molecule has 7 heteroatoms. The van der Waals surface area contributed by atoms with E-state index < -0.39 is 0 Å². The van der Waals surface area contributed by atoms with Gasteiger partial charge in [0.05, 0.1) is 18.1 Å². The molecule has 0 aromatic heterocycles. The van der Waals surface area contributed by atoms with Crippen LogP contribution in [-0.2, 0) is 0 Å². The largest absolute Gasteiger partial charge is 0.362 e. The smallest absolute Gasteiger partial charge is 0.134 e. The first kappa shape index (κ1) is 21.0.